The number of hydrogen-bond acceptors (Lipinski definition) is 3. The fraction of sp³-hybridized carbons (Fsp3) is 0.143. The summed E-state index contributed by atoms with van der Waals surface area (Å²) in [7, 11) is 0. The van der Waals surface area contributed by atoms with E-state index in [-0.39, 0.29) is 5.88 Å². The molecule has 0 aliphatic carbocycles. The van der Waals surface area contributed by atoms with Gasteiger partial charge in [-0.3, -0.25) is 0 Å². The van der Waals surface area contributed by atoms with Gasteiger partial charge in [0.05, 0.1) is 12.3 Å². The van der Waals surface area contributed by atoms with Gasteiger partial charge in [0.1, 0.15) is 0 Å². The van der Waals surface area contributed by atoms with Crippen LogP contribution in [0.25, 0.3) is 0 Å². The number of nitrogens with zero attached hydrogens (tertiary/aromatic N) is 3. The molecule has 1 atom stereocenters. The third-order valence-corrected chi connectivity index (χ3v) is 1.27. The van der Waals surface area contributed by atoms with Crippen LogP contribution in [0.15, 0.2) is 24.9 Å². The standard InChI is InChI=1S/C7H7N3O/c1-2-6(5-8)10-7(11)3-4-9-10/h2-4,6,11H,1H2. The predicted molar refractivity (Wildman–Crippen MR) is 38.7 cm³/mol. The summed E-state index contributed by atoms with van der Waals surface area (Å²) in [6, 6.07) is 2.74. The van der Waals surface area contributed by atoms with Crippen LogP contribution in [-0.2, 0) is 0 Å². The van der Waals surface area contributed by atoms with Crippen molar-refractivity contribution in [2.45, 2.75) is 6.04 Å². The Balaban J connectivity index is 3.01. The summed E-state index contributed by atoms with van der Waals surface area (Å²) in [4.78, 5) is 0. The molecule has 1 aromatic rings. The Morgan fingerprint density at radius 1 is 1.91 bits per heavy atom. The Labute approximate surface area is 64.0 Å². The Kier molecular flexibility index (Phi) is 1.93. The summed E-state index contributed by atoms with van der Waals surface area (Å²) >= 11 is 0. The maximum atomic E-state index is 9.08. The first-order chi connectivity index (χ1) is 5.29. The molecule has 0 saturated carbocycles. The second-order valence-corrected chi connectivity index (χ2v) is 1.94. The molecule has 0 radical (unpaired) electrons. The van der Waals surface area contributed by atoms with E-state index in [0.717, 1.165) is 0 Å². The van der Waals surface area contributed by atoms with Crippen molar-refractivity contribution in [3.63, 3.8) is 0 Å². The van der Waals surface area contributed by atoms with E-state index in [1.165, 1.54) is 23.0 Å². The zero-order chi connectivity index (χ0) is 8.27. The van der Waals surface area contributed by atoms with Crippen molar-refractivity contribution >= 4 is 0 Å². The van der Waals surface area contributed by atoms with Crippen molar-refractivity contribution < 1.29 is 5.11 Å². The van der Waals surface area contributed by atoms with E-state index >= 15 is 0 Å². The first-order valence-electron chi connectivity index (χ1n) is 3.04. The summed E-state index contributed by atoms with van der Waals surface area (Å²) in [5.41, 5.74) is 0. The van der Waals surface area contributed by atoms with Crippen molar-refractivity contribution in [1.82, 2.24) is 9.78 Å². The van der Waals surface area contributed by atoms with Gasteiger partial charge in [-0.2, -0.15) is 10.4 Å². The molecule has 0 fully saturated rings. The van der Waals surface area contributed by atoms with Crippen LogP contribution in [0.2, 0.25) is 0 Å². The zero-order valence-corrected chi connectivity index (χ0v) is 5.81. The van der Waals surface area contributed by atoms with E-state index < -0.39 is 6.04 Å². The Bertz CT molecular complexity index is 297. The molecule has 1 heterocycles. The fourth-order valence-corrected chi connectivity index (χ4v) is 0.729. The monoisotopic (exact) mass is 149 g/mol. The molecule has 1 aromatic heterocycles. The molecule has 0 bridgehead atoms. The molecular formula is C7H7N3O. The van der Waals surface area contributed by atoms with Gasteiger partial charge in [-0.05, 0) is 0 Å². The topological polar surface area (TPSA) is 61.8 Å². The lowest BCUT2D eigenvalue weighted by Crippen LogP contribution is -2.04. The molecule has 0 saturated heterocycles. The molecule has 0 amide bonds. The minimum Gasteiger partial charge on any atom is -0.493 e. The molecule has 4 heteroatoms. The SMILES string of the molecule is C=CC(C#N)n1nccc1O. The summed E-state index contributed by atoms with van der Waals surface area (Å²) in [5, 5.41) is 21.3. The summed E-state index contributed by atoms with van der Waals surface area (Å²) in [6.07, 6.45) is 2.83. The van der Waals surface area contributed by atoms with E-state index in [0.29, 0.717) is 0 Å². The lowest BCUT2D eigenvalue weighted by Gasteiger charge is -2.03. The van der Waals surface area contributed by atoms with E-state index in [2.05, 4.69) is 11.7 Å². The van der Waals surface area contributed by atoms with Gasteiger partial charge in [0.15, 0.2) is 6.04 Å². The molecule has 1 rings (SSSR count). The normalized spacial score (nSPS) is 11.9. The van der Waals surface area contributed by atoms with Crippen LogP contribution in [0.5, 0.6) is 5.88 Å². The minimum atomic E-state index is -0.593. The second kappa shape index (κ2) is 2.88. The fourth-order valence-electron chi connectivity index (χ4n) is 0.729. The predicted octanol–water partition coefficient (Wildman–Crippen LogP) is 0.839. The van der Waals surface area contributed by atoms with Crippen molar-refractivity contribution in [2.24, 2.45) is 0 Å². The van der Waals surface area contributed by atoms with Crippen molar-refractivity contribution in [3.8, 4) is 11.9 Å². The van der Waals surface area contributed by atoms with Crippen LogP contribution in [0, 0.1) is 11.3 Å². The van der Waals surface area contributed by atoms with Crippen LogP contribution < -0.4 is 0 Å². The smallest absolute Gasteiger partial charge is 0.210 e. The highest BCUT2D eigenvalue weighted by molar-refractivity contribution is 5.12. The molecule has 4 nitrogen and oxygen atoms in total. The van der Waals surface area contributed by atoms with Crippen molar-refractivity contribution in [3.05, 3.63) is 24.9 Å². The largest absolute Gasteiger partial charge is 0.493 e. The molecule has 11 heavy (non-hydrogen) atoms. The molecule has 1 N–H and O–H groups in total. The molecular weight excluding hydrogens is 142 g/mol. The van der Waals surface area contributed by atoms with Crippen LogP contribution in [0.3, 0.4) is 0 Å². The average Bonchev–Trinajstić information content (AvgIpc) is 2.40. The third-order valence-electron chi connectivity index (χ3n) is 1.27. The van der Waals surface area contributed by atoms with Crippen LogP contribution in [-0.4, -0.2) is 14.9 Å². The van der Waals surface area contributed by atoms with E-state index in [4.69, 9.17) is 10.4 Å². The minimum absolute atomic E-state index is 0.0311. The van der Waals surface area contributed by atoms with Gasteiger partial charge in [0.2, 0.25) is 5.88 Å². The first-order valence-corrected chi connectivity index (χ1v) is 3.04. The summed E-state index contributed by atoms with van der Waals surface area (Å²) in [6.45, 7) is 3.43. The van der Waals surface area contributed by atoms with E-state index in [1.807, 2.05) is 6.07 Å². The molecule has 0 aliphatic heterocycles. The Morgan fingerprint density at radius 3 is 3.00 bits per heavy atom. The molecule has 0 spiro atoms. The number of aromatic nitrogens is 2. The summed E-state index contributed by atoms with van der Waals surface area (Å²) < 4.78 is 1.19. The van der Waals surface area contributed by atoms with Crippen molar-refractivity contribution in [1.29, 1.82) is 5.26 Å². The lowest BCUT2D eigenvalue weighted by molar-refractivity contribution is 0.401. The van der Waals surface area contributed by atoms with Gasteiger partial charge in [0.25, 0.3) is 0 Å². The molecule has 1 unspecified atom stereocenters. The molecule has 56 valence electrons. The lowest BCUT2D eigenvalue weighted by atomic mass is 10.3. The number of allylic oxidation sites excluding steroid dienone is 1. The third kappa shape index (κ3) is 1.22. The van der Waals surface area contributed by atoms with Crippen LogP contribution in [0.1, 0.15) is 6.04 Å². The van der Waals surface area contributed by atoms with Crippen LogP contribution in [0.4, 0.5) is 0 Å². The van der Waals surface area contributed by atoms with E-state index in [9.17, 15) is 0 Å². The zero-order valence-electron chi connectivity index (χ0n) is 5.81. The maximum Gasteiger partial charge on any atom is 0.210 e. The molecule has 0 aromatic carbocycles. The molecule has 0 aliphatic rings. The summed E-state index contributed by atoms with van der Waals surface area (Å²) in [5.74, 6) is -0.0311. The van der Waals surface area contributed by atoms with Gasteiger partial charge < -0.3 is 5.11 Å². The van der Waals surface area contributed by atoms with Gasteiger partial charge >= 0.3 is 0 Å². The van der Waals surface area contributed by atoms with E-state index in [1.54, 1.807) is 0 Å². The Hall–Kier alpha value is -1.76. The number of nitriles is 1. The van der Waals surface area contributed by atoms with Gasteiger partial charge in [-0.25, -0.2) is 4.68 Å². The highest BCUT2D eigenvalue weighted by Crippen LogP contribution is 2.13. The van der Waals surface area contributed by atoms with Gasteiger partial charge in [-0.15, -0.1) is 0 Å². The quantitative estimate of drug-likeness (QED) is 0.634. The van der Waals surface area contributed by atoms with Gasteiger partial charge in [-0.1, -0.05) is 12.7 Å². The average molecular weight is 149 g/mol. The highest BCUT2D eigenvalue weighted by atomic mass is 16.3. The second-order valence-electron chi connectivity index (χ2n) is 1.94. The van der Waals surface area contributed by atoms with Gasteiger partial charge in [0, 0.05) is 6.07 Å². The number of rotatable bonds is 2. The maximum absolute atomic E-state index is 9.08. The highest BCUT2D eigenvalue weighted by Gasteiger charge is 2.08. The van der Waals surface area contributed by atoms with Crippen LogP contribution >= 0.6 is 0 Å². The number of hydrogen-bond donors (Lipinski definition) is 1. The number of aromatic hydroxyl groups is 1. The Morgan fingerprint density at radius 2 is 2.64 bits per heavy atom. The van der Waals surface area contributed by atoms with Crippen molar-refractivity contribution in [2.75, 3.05) is 0 Å². The first kappa shape index (κ1) is 7.35.